The van der Waals surface area contributed by atoms with Crippen LogP contribution in [0.25, 0.3) is 0 Å². The van der Waals surface area contributed by atoms with Crippen LogP contribution in [-0.2, 0) is 14.8 Å². The molecule has 1 fully saturated rings. The summed E-state index contributed by atoms with van der Waals surface area (Å²) in [4.78, 5) is 13.9. The number of piperazine rings is 1. The maximum absolute atomic E-state index is 12.7. The SMILES string of the molecule is CCC1C(=O)NCCN1S(=O)(=O)c1cc(C)sc1C. The summed E-state index contributed by atoms with van der Waals surface area (Å²) < 4.78 is 26.7. The number of aryl methyl sites for hydroxylation is 2. The third-order valence-corrected chi connectivity index (χ3v) is 6.38. The molecule has 1 atom stereocenters. The van der Waals surface area contributed by atoms with Gasteiger partial charge in [0.25, 0.3) is 0 Å². The van der Waals surface area contributed by atoms with Gasteiger partial charge >= 0.3 is 0 Å². The van der Waals surface area contributed by atoms with Gasteiger partial charge in [0.15, 0.2) is 0 Å². The van der Waals surface area contributed by atoms with Gasteiger partial charge < -0.3 is 5.32 Å². The van der Waals surface area contributed by atoms with Crippen LogP contribution in [0.15, 0.2) is 11.0 Å². The minimum absolute atomic E-state index is 0.207. The molecule has 1 saturated heterocycles. The van der Waals surface area contributed by atoms with Crippen molar-refractivity contribution < 1.29 is 13.2 Å². The first-order valence-corrected chi connectivity index (χ1v) is 8.50. The number of hydrogen-bond acceptors (Lipinski definition) is 4. The van der Waals surface area contributed by atoms with E-state index in [1.54, 1.807) is 13.0 Å². The zero-order valence-electron chi connectivity index (χ0n) is 11.3. The number of rotatable bonds is 3. The Hall–Kier alpha value is -0.920. The van der Waals surface area contributed by atoms with E-state index in [0.717, 1.165) is 9.75 Å². The number of carbonyl (C=O) groups excluding carboxylic acids is 1. The molecule has 1 aromatic heterocycles. The quantitative estimate of drug-likeness (QED) is 0.914. The van der Waals surface area contributed by atoms with Gasteiger partial charge in [0.2, 0.25) is 15.9 Å². The van der Waals surface area contributed by atoms with Gasteiger partial charge in [-0.25, -0.2) is 8.42 Å². The van der Waals surface area contributed by atoms with E-state index < -0.39 is 16.1 Å². The van der Waals surface area contributed by atoms with Gasteiger partial charge in [-0.3, -0.25) is 4.79 Å². The number of hydrogen-bond donors (Lipinski definition) is 1. The lowest BCUT2D eigenvalue weighted by molar-refractivity contribution is -0.126. The first-order valence-electron chi connectivity index (χ1n) is 6.24. The first-order chi connectivity index (χ1) is 8.87. The highest BCUT2D eigenvalue weighted by atomic mass is 32.2. The number of sulfonamides is 1. The molecule has 1 amide bonds. The lowest BCUT2D eigenvalue weighted by atomic mass is 10.2. The van der Waals surface area contributed by atoms with Crippen molar-refractivity contribution >= 4 is 27.3 Å². The van der Waals surface area contributed by atoms with Crippen LogP contribution in [0.2, 0.25) is 0 Å². The second-order valence-corrected chi connectivity index (χ2v) is 7.93. The van der Waals surface area contributed by atoms with Crippen molar-refractivity contribution in [3.05, 3.63) is 15.8 Å². The molecule has 1 aromatic rings. The Morgan fingerprint density at radius 2 is 2.16 bits per heavy atom. The van der Waals surface area contributed by atoms with E-state index in [4.69, 9.17) is 0 Å². The van der Waals surface area contributed by atoms with Gasteiger partial charge in [-0.15, -0.1) is 11.3 Å². The zero-order chi connectivity index (χ0) is 14.2. The highest BCUT2D eigenvalue weighted by Crippen LogP contribution is 2.29. The fraction of sp³-hybridized carbons (Fsp3) is 0.583. The number of amides is 1. The Kier molecular flexibility index (Phi) is 3.98. The molecule has 2 rings (SSSR count). The lowest BCUT2D eigenvalue weighted by Crippen LogP contribution is -2.56. The van der Waals surface area contributed by atoms with Gasteiger partial charge in [0, 0.05) is 22.8 Å². The molecule has 5 nitrogen and oxygen atoms in total. The molecule has 106 valence electrons. The van der Waals surface area contributed by atoms with E-state index in [1.165, 1.54) is 15.6 Å². The van der Waals surface area contributed by atoms with Crippen LogP contribution in [0.5, 0.6) is 0 Å². The van der Waals surface area contributed by atoms with Crippen LogP contribution >= 0.6 is 11.3 Å². The van der Waals surface area contributed by atoms with Gasteiger partial charge in [-0.05, 0) is 26.3 Å². The molecule has 2 heterocycles. The smallest absolute Gasteiger partial charge is 0.244 e. The largest absolute Gasteiger partial charge is 0.353 e. The summed E-state index contributed by atoms with van der Waals surface area (Å²) in [5.74, 6) is -0.207. The molecule has 1 unspecified atom stereocenters. The van der Waals surface area contributed by atoms with Crippen molar-refractivity contribution in [3.63, 3.8) is 0 Å². The average Bonchev–Trinajstić information content (AvgIpc) is 2.68. The van der Waals surface area contributed by atoms with E-state index in [9.17, 15) is 13.2 Å². The molecular weight excluding hydrogens is 284 g/mol. The number of carbonyl (C=O) groups is 1. The Bertz CT molecular complexity index is 592. The maximum atomic E-state index is 12.7. The predicted molar refractivity (Wildman–Crippen MR) is 74.8 cm³/mol. The van der Waals surface area contributed by atoms with Crippen molar-refractivity contribution in [1.82, 2.24) is 9.62 Å². The van der Waals surface area contributed by atoms with Crippen LogP contribution < -0.4 is 5.32 Å². The normalized spacial score (nSPS) is 21.4. The van der Waals surface area contributed by atoms with Crippen molar-refractivity contribution in [3.8, 4) is 0 Å². The standard InChI is InChI=1S/C12H18N2O3S2/c1-4-10-12(15)13-5-6-14(10)19(16,17)11-7-8(2)18-9(11)3/h7,10H,4-6H2,1-3H3,(H,13,15). The van der Waals surface area contributed by atoms with Gasteiger partial charge in [-0.2, -0.15) is 4.31 Å². The molecule has 19 heavy (non-hydrogen) atoms. The monoisotopic (exact) mass is 302 g/mol. The summed E-state index contributed by atoms with van der Waals surface area (Å²) in [7, 11) is -3.58. The van der Waals surface area contributed by atoms with Crippen molar-refractivity contribution in [2.45, 2.75) is 38.1 Å². The fourth-order valence-corrected chi connectivity index (χ4v) is 5.55. The zero-order valence-corrected chi connectivity index (χ0v) is 12.9. The van der Waals surface area contributed by atoms with Crippen molar-refractivity contribution in [2.24, 2.45) is 0 Å². The molecule has 0 aliphatic carbocycles. The molecule has 0 aromatic carbocycles. The van der Waals surface area contributed by atoms with Gasteiger partial charge in [-0.1, -0.05) is 6.92 Å². The minimum Gasteiger partial charge on any atom is -0.353 e. The van der Waals surface area contributed by atoms with E-state index in [0.29, 0.717) is 24.4 Å². The summed E-state index contributed by atoms with van der Waals surface area (Å²) in [6.07, 6.45) is 0.479. The van der Waals surface area contributed by atoms with E-state index >= 15 is 0 Å². The summed E-state index contributed by atoms with van der Waals surface area (Å²) >= 11 is 1.46. The second kappa shape index (κ2) is 5.22. The van der Waals surface area contributed by atoms with Crippen molar-refractivity contribution in [1.29, 1.82) is 0 Å². The van der Waals surface area contributed by atoms with Crippen LogP contribution in [-0.4, -0.2) is 37.8 Å². The molecule has 1 N–H and O–H groups in total. The Morgan fingerprint density at radius 3 is 2.68 bits per heavy atom. The van der Waals surface area contributed by atoms with Crippen LogP contribution in [0.3, 0.4) is 0 Å². The van der Waals surface area contributed by atoms with Crippen LogP contribution in [0.4, 0.5) is 0 Å². The fourth-order valence-electron chi connectivity index (χ4n) is 2.36. The summed E-state index contributed by atoms with van der Waals surface area (Å²) in [6.45, 7) is 6.22. The molecule has 1 aliphatic rings. The van der Waals surface area contributed by atoms with E-state index in [2.05, 4.69) is 5.32 Å². The maximum Gasteiger partial charge on any atom is 0.244 e. The number of nitrogens with one attached hydrogen (secondary N) is 1. The molecule has 0 spiro atoms. The molecule has 1 aliphatic heterocycles. The highest BCUT2D eigenvalue weighted by Gasteiger charge is 2.38. The molecule has 0 bridgehead atoms. The lowest BCUT2D eigenvalue weighted by Gasteiger charge is -2.33. The molecule has 0 radical (unpaired) electrons. The molecular formula is C12H18N2O3S2. The summed E-state index contributed by atoms with van der Waals surface area (Å²) in [5.41, 5.74) is 0. The highest BCUT2D eigenvalue weighted by molar-refractivity contribution is 7.89. The number of thiophene rings is 1. The third-order valence-electron chi connectivity index (χ3n) is 3.25. The Balaban J connectivity index is 2.43. The topological polar surface area (TPSA) is 66.5 Å². The number of nitrogens with zero attached hydrogens (tertiary/aromatic N) is 1. The molecule has 7 heteroatoms. The first kappa shape index (κ1) is 14.5. The van der Waals surface area contributed by atoms with E-state index in [-0.39, 0.29) is 5.91 Å². The van der Waals surface area contributed by atoms with Gasteiger partial charge in [0.05, 0.1) is 4.90 Å². The molecule has 0 saturated carbocycles. The van der Waals surface area contributed by atoms with Gasteiger partial charge in [0.1, 0.15) is 6.04 Å². The van der Waals surface area contributed by atoms with E-state index in [1.807, 2.05) is 13.8 Å². The summed E-state index contributed by atoms with van der Waals surface area (Å²) in [5, 5.41) is 2.71. The predicted octanol–water partition coefficient (Wildman–Crippen LogP) is 1.26. The van der Waals surface area contributed by atoms with Crippen molar-refractivity contribution in [2.75, 3.05) is 13.1 Å². The second-order valence-electron chi connectivity index (χ2n) is 4.61. The Morgan fingerprint density at radius 1 is 1.47 bits per heavy atom. The Labute approximate surface area is 117 Å². The average molecular weight is 302 g/mol. The van der Waals surface area contributed by atoms with Crippen LogP contribution in [0, 0.1) is 13.8 Å². The summed E-state index contributed by atoms with van der Waals surface area (Å²) in [6, 6.07) is 1.09. The van der Waals surface area contributed by atoms with Crippen LogP contribution in [0.1, 0.15) is 23.1 Å². The minimum atomic E-state index is -3.58. The third kappa shape index (κ3) is 2.54.